The van der Waals surface area contributed by atoms with Gasteiger partial charge in [0.1, 0.15) is 0 Å². The minimum Gasteiger partial charge on any atom is -0.387 e. The molecule has 1 heterocycles. The van der Waals surface area contributed by atoms with Crippen LogP contribution in [0.1, 0.15) is 30.7 Å². The molecule has 92 valence electrons. The molecule has 0 saturated carbocycles. The zero-order chi connectivity index (χ0) is 12.1. The molecule has 17 heavy (non-hydrogen) atoms. The van der Waals surface area contributed by atoms with Crippen molar-refractivity contribution in [3.63, 3.8) is 0 Å². The molecule has 1 atom stereocenters. The maximum atomic E-state index is 7.76. The third-order valence-electron chi connectivity index (χ3n) is 3.47. The number of nitrogens with two attached hydrogens (primary N) is 1. The molecule has 0 spiro atoms. The Labute approximate surface area is 103 Å². The molecule has 1 aromatic rings. The molecule has 3 N–H and O–H groups in total. The van der Waals surface area contributed by atoms with E-state index in [1.807, 2.05) is 18.2 Å². The van der Waals surface area contributed by atoms with Crippen molar-refractivity contribution in [2.45, 2.75) is 25.2 Å². The Hall–Kier alpha value is -1.35. The van der Waals surface area contributed by atoms with Crippen molar-refractivity contribution in [2.75, 3.05) is 19.6 Å². The molecular formula is C14H21N3. The highest BCUT2D eigenvalue weighted by molar-refractivity contribution is 5.84. The minimum absolute atomic E-state index is 0.0503. The lowest BCUT2D eigenvalue weighted by molar-refractivity contribution is 0.226. The number of amidine groups is 1. The molecule has 1 fully saturated rings. The predicted molar refractivity (Wildman–Crippen MR) is 71.4 cm³/mol. The van der Waals surface area contributed by atoms with Gasteiger partial charge in [0.25, 0.3) is 0 Å². The fourth-order valence-corrected chi connectivity index (χ4v) is 2.47. The summed E-state index contributed by atoms with van der Waals surface area (Å²) in [7, 11) is 0. The summed E-state index contributed by atoms with van der Waals surface area (Å²) in [4.78, 5) is 2.43. The normalized spacial score (nSPS) is 18.8. The van der Waals surface area contributed by atoms with Crippen molar-refractivity contribution < 1.29 is 0 Å². The Balaban J connectivity index is 2.05. The van der Waals surface area contributed by atoms with E-state index in [2.05, 4.69) is 17.0 Å². The van der Waals surface area contributed by atoms with Gasteiger partial charge in [0.15, 0.2) is 0 Å². The van der Waals surface area contributed by atoms with Gasteiger partial charge < -0.3 is 10.6 Å². The summed E-state index contributed by atoms with van der Waals surface area (Å²) >= 11 is 0. The summed E-state index contributed by atoms with van der Waals surface area (Å²) in [6, 6.07) is 10.2. The lowest BCUT2D eigenvalue weighted by Crippen LogP contribution is -2.37. The molecule has 3 heteroatoms. The first-order valence-electron chi connectivity index (χ1n) is 6.38. The van der Waals surface area contributed by atoms with Gasteiger partial charge in [-0.1, -0.05) is 36.8 Å². The number of hydrogen-bond donors (Lipinski definition) is 2. The Morgan fingerprint density at radius 3 is 2.41 bits per heavy atom. The van der Waals surface area contributed by atoms with Gasteiger partial charge in [-0.3, -0.25) is 5.41 Å². The number of likely N-dealkylation sites (tertiary alicyclic amines) is 1. The van der Waals surface area contributed by atoms with Crippen LogP contribution in [0.4, 0.5) is 0 Å². The number of benzene rings is 1. The van der Waals surface area contributed by atoms with Crippen molar-refractivity contribution in [3.05, 3.63) is 35.9 Å². The zero-order valence-corrected chi connectivity index (χ0v) is 10.2. The largest absolute Gasteiger partial charge is 0.387 e. The van der Waals surface area contributed by atoms with Gasteiger partial charge in [-0.25, -0.2) is 0 Å². The first-order chi connectivity index (χ1) is 8.27. The Morgan fingerprint density at radius 1 is 1.18 bits per heavy atom. The Morgan fingerprint density at radius 2 is 1.82 bits per heavy atom. The summed E-state index contributed by atoms with van der Waals surface area (Å²) in [5, 5.41) is 7.76. The number of rotatable bonds is 4. The minimum atomic E-state index is 0.0503. The van der Waals surface area contributed by atoms with Crippen molar-refractivity contribution in [3.8, 4) is 0 Å². The van der Waals surface area contributed by atoms with E-state index in [4.69, 9.17) is 11.1 Å². The molecule has 1 saturated heterocycles. The maximum Gasteiger partial charge on any atom is 0.0995 e. The smallest absolute Gasteiger partial charge is 0.0995 e. The number of piperidine rings is 1. The number of nitrogens with zero attached hydrogens (tertiary/aromatic N) is 1. The Kier molecular flexibility index (Phi) is 4.15. The Bertz CT molecular complexity index is 355. The molecule has 0 aromatic heterocycles. The second kappa shape index (κ2) is 5.82. The van der Waals surface area contributed by atoms with Gasteiger partial charge in [-0.05, 0) is 31.5 Å². The zero-order valence-electron chi connectivity index (χ0n) is 10.2. The summed E-state index contributed by atoms with van der Waals surface area (Å²) in [6.07, 6.45) is 3.89. The lowest BCUT2D eigenvalue weighted by Gasteiger charge is -2.30. The predicted octanol–water partition coefficient (Wildman–Crippen LogP) is 2.19. The summed E-state index contributed by atoms with van der Waals surface area (Å²) in [5.41, 5.74) is 6.90. The van der Waals surface area contributed by atoms with Crippen molar-refractivity contribution in [2.24, 2.45) is 5.73 Å². The first kappa shape index (κ1) is 12.1. The van der Waals surface area contributed by atoms with Crippen LogP contribution in [0.3, 0.4) is 0 Å². The second-order valence-electron chi connectivity index (χ2n) is 4.78. The average Bonchev–Trinajstić information content (AvgIpc) is 2.38. The molecule has 1 unspecified atom stereocenters. The van der Waals surface area contributed by atoms with E-state index >= 15 is 0 Å². The topological polar surface area (TPSA) is 53.1 Å². The molecule has 0 radical (unpaired) electrons. The van der Waals surface area contributed by atoms with Gasteiger partial charge in [0.05, 0.1) is 11.8 Å². The van der Waals surface area contributed by atoms with Crippen LogP contribution in [0, 0.1) is 5.41 Å². The van der Waals surface area contributed by atoms with Gasteiger partial charge in [-0.15, -0.1) is 0 Å². The molecular weight excluding hydrogens is 210 g/mol. The van der Waals surface area contributed by atoms with Crippen LogP contribution in [0.15, 0.2) is 30.3 Å². The van der Waals surface area contributed by atoms with E-state index in [9.17, 15) is 0 Å². The van der Waals surface area contributed by atoms with Crippen molar-refractivity contribution in [1.82, 2.24) is 4.90 Å². The highest BCUT2D eigenvalue weighted by atomic mass is 15.1. The van der Waals surface area contributed by atoms with E-state index in [0.29, 0.717) is 0 Å². The number of nitrogens with one attached hydrogen (secondary N) is 1. The van der Waals surface area contributed by atoms with E-state index in [0.717, 1.165) is 25.2 Å². The maximum absolute atomic E-state index is 7.76. The third kappa shape index (κ3) is 3.30. The SMILES string of the molecule is N=C(N)C(CN1CCCCC1)c1ccccc1. The second-order valence-corrected chi connectivity index (χ2v) is 4.78. The molecule has 1 aliphatic rings. The van der Waals surface area contributed by atoms with Crippen LogP contribution in [0.2, 0.25) is 0 Å². The van der Waals surface area contributed by atoms with Gasteiger partial charge in [0, 0.05) is 6.54 Å². The van der Waals surface area contributed by atoms with E-state index in [1.165, 1.54) is 19.3 Å². The van der Waals surface area contributed by atoms with Crippen LogP contribution < -0.4 is 5.73 Å². The molecule has 2 rings (SSSR count). The molecule has 3 nitrogen and oxygen atoms in total. The van der Waals surface area contributed by atoms with Crippen LogP contribution >= 0.6 is 0 Å². The summed E-state index contributed by atoms with van der Waals surface area (Å²) in [5.74, 6) is 0.330. The molecule has 0 bridgehead atoms. The van der Waals surface area contributed by atoms with Crippen molar-refractivity contribution in [1.29, 1.82) is 5.41 Å². The lowest BCUT2D eigenvalue weighted by atomic mass is 9.96. The average molecular weight is 231 g/mol. The molecule has 0 amide bonds. The van der Waals surface area contributed by atoms with Crippen LogP contribution in [0.25, 0.3) is 0 Å². The highest BCUT2D eigenvalue weighted by Crippen LogP contribution is 2.19. The number of hydrogen-bond acceptors (Lipinski definition) is 2. The highest BCUT2D eigenvalue weighted by Gasteiger charge is 2.19. The van der Waals surface area contributed by atoms with Gasteiger partial charge in [0.2, 0.25) is 0 Å². The van der Waals surface area contributed by atoms with Crippen LogP contribution in [-0.2, 0) is 0 Å². The molecule has 1 aliphatic heterocycles. The quantitative estimate of drug-likeness (QED) is 0.616. The van der Waals surface area contributed by atoms with Crippen LogP contribution in [0.5, 0.6) is 0 Å². The first-order valence-corrected chi connectivity index (χ1v) is 6.38. The fraction of sp³-hybridized carbons (Fsp3) is 0.500. The molecule has 0 aliphatic carbocycles. The fourth-order valence-electron chi connectivity index (χ4n) is 2.47. The van der Waals surface area contributed by atoms with Gasteiger partial charge in [-0.2, -0.15) is 0 Å². The monoisotopic (exact) mass is 231 g/mol. The van der Waals surface area contributed by atoms with Crippen LogP contribution in [-0.4, -0.2) is 30.4 Å². The van der Waals surface area contributed by atoms with E-state index < -0.39 is 0 Å². The summed E-state index contributed by atoms with van der Waals surface area (Å²) < 4.78 is 0. The summed E-state index contributed by atoms with van der Waals surface area (Å²) in [6.45, 7) is 3.19. The van der Waals surface area contributed by atoms with Crippen molar-refractivity contribution >= 4 is 5.84 Å². The standard InChI is InChI=1S/C14H21N3/c15-14(16)13(12-7-3-1-4-8-12)11-17-9-5-2-6-10-17/h1,3-4,7-8,13H,2,5-6,9-11H2,(H3,15,16). The molecule has 1 aromatic carbocycles. The van der Waals surface area contributed by atoms with E-state index in [1.54, 1.807) is 0 Å². The van der Waals surface area contributed by atoms with E-state index in [-0.39, 0.29) is 11.8 Å². The third-order valence-corrected chi connectivity index (χ3v) is 3.47. The van der Waals surface area contributed by atoms with Gasteiger partial charge >= 0.3 is 0 Å².